The number of nitrogens with zero attached hydrogens (tertiary/aromatic N) is 1. The molecule has 0 aliphatic rings. The molecule has 0 saturated heterocycles. The van der Waals surface area contributed by atoms with Crippen molar-refractivity contribution in [1.82, 2.24) is 5.32 Å². The van der Waals surface area contributed by atoms with E-state index in [9.17, 15) is 14.0 Å². The molecule has 0 aliphatic carbocycles. The molecule has 5 heteroatoms. The van der Waals surface area contributed by atoms with Crippen LogP contribution in [0.15, 0.2) is 48.5 Å². The molecule has 0 fully saturated rings. The van der Waals surface area contributed by atoms with Crippen LogP contribution in [-0.2, 0) is 4.79 Å². The van der Waals surface area contributed by atoms with Gasteiger partial charge in [-0.25, -0.2) is 4.39 Å². The van der Waals surface area contributed by atoms with Gasteiger partial charge in [0.15, 0.2) is 0 Å². The zero-order chi connectivity index (χ0) is 18.9. The number of nitrogens with one attached hydrogen (secondary N) is 1. The second kappa shape index (κ2) is 9.70. The summed E-state index contributed by atoms with van der Waals surface area (Å²) in [6.45, 7) is 4.85. The molecule has 138 valence electrons. The quantitative estimate of drug-likeness (QED) is 0.724. The normalized spacial score (nSPS) is 10.4. The summed E-state index contributed by atoms with van der Waals surface area (Å²) >= 11 is 0. The Balaban J connectivity index is 2.09. The van der Waals surface area contributed by atoms with E-state index >= 15 is 0 Å². The first kappa shape index (κ1) is 19.6. The molecule has 0 bridgehead atoms. The summed E-state index contributed by atoms with van der Waals surface area (Å²) in [5.74, 6) is -0.467. The fourth-order valence-electron chi connectivity index (χ4n) is 2.60. The minimum atomic E-state index is -0.344. The van der Waals surface area contributed by atoms with E-state index in [2.05, 4.69) is 5.32 Å². The van der Waals surface area contributed by atoms with Gasteiger partial charge in [-0.1, -0.05) is 24.6 Å². The van der Waals surface area contributed by atoms with Gasteiger partial charge >= 0.3 is 0 Å². The van der Waals surface area contributed by atoms with E-state index in [0.717, 1.165) is 12.0 Å². The highest BCUT2D eigenvalue weighted by atomic mass is 19.1. The summed E-state index contributed by atoms with van der Waals surface area (Å²) in [6.07, 6.45) is 1.92. The van der Waals surface area contributed by atoms with Gasteiger partial charge in [0.2, 0.25) is 5.91 Å². The number of rotatable bonds is 8. The molecule has 0 saturated carbocycles. The largest absolute Gasteiger partial charge is 0.356 e. The molecule has 1 N–H and O–H groups in total. The lowest BCUT2D eigenvalue weighted by Crippen LogP contribution is -2.34. The minimum absolute atomic E-state index is 0.0192. The molecule has 0 aliphatic heterocycles. The van der Waals surface area contributed by atoms with E-state index in [-0.39, 0.29) is 17.6 Å². The molecule has 2 rings (SSSR count). The van der Waals surface area contributed by atoms with Gasteiger partial charge in [0.25, 0.3) is 5.91 Å². The molecule has 2 aromatic rings. The Labute approximate surface area is 154 Å². The van der Waals surface area contributed by atoms with Crippen molar-refractivity contribution >= 4 is 17.5 Å². The maximum absolute atomic E-state index is 13.2. The van der Waals surface area contributed by atoms with Gasteiger partial charge in [-0.05, 0) is 56.2 Å². The zero-order valence-corrected chi connectivity index (χ0v) is 15.3. The fraction of sp³-hybridized carbons (Fsp3) is 0.333. The smallest absolute Gasteiger partial charge is 0.258 e. The molecule has 0 radical (unpaired) electrons. The van der Waals surface area contributed by atoms with Crippen molar-refractivity contribution in [3.8, 4) is 0 Å². The average molecular weight is 356 g/mol. The van der Waals surface area contributed by atoms with Crippen LogP contribution in [0.3, 0.4) is 0 Å². The highest BCUT2D eigenvalue weighted by Gasteiger charge is 2.17. The van der Waals surface area contributed by atoms with Gasteiger partial charge in [0.1, 0.15) is 5.82 Å². The molecule has 26 heavy (non-hydrogen) atoms. The number of carbonyl (C=O) groups excluding carboxylic acids is 2. The van der Waals surface area contributed by atoms with E-state index in [4.69, 9.17) is 0 Å². The van der Waals surface area contributed by atoms with Crippen LogP contribution in [-0.4, -0.2) is 24.9 Å². The molecular weight excluding hydrogens is 331 g/mol. The zero-order valence-electron chi connectivity index (χ0n) is 15.3. The first-order valence-electron chi connectivity index (χ1n) is 8.92. The molecule has 0 heterocycles. The summed E-state index contributed by atoms with van der Waals surface area (Å²) < 4.78 is 13.2. The molecule has 0 atom stereocenters. The summed E-state index contributed by atoms with van der Waals surface area (Å²) in [7, 11) is 0. The van der Waals surface area contributed by atoms with Crippen molar-refractivity contribution in [1.29, 1.82) is 0 Å². The molecule has 0 spiro atoms. The van der Waals surface area contributed by atoms with Crippen molar-refractivity contribution in [2.75, 3.05) is 18.0 Å². The van der Waals surface area contributed by atoms with Crippen LogP contribution in [0.1, 0.15) is 42.1 Å². The van der Waals surface area contributed by atoms with Gasteiger partial charge in [0.05, 0.1) is 0 Å². The Morgan fingerprint density at radius 3 is 2.31 bits per heavy atom. The monoisotopic (exact) mass is 356 g/mol. The third kappa shape index (κ3) is 5.69. The van der Waals surface area contributed by atoms with Gasteiger partial charge in [-0.3, -0.25) is 9.59 Å². The van der Waals surface area contributed by atoms with Gasteiger partial charge in [0, 0.05) is 30.8 Å². The number of carbonyl (C=O) groups is 2. The summed E-state index contributed by atoms with van der Waals surface area (Å²) in [6, 6.07) is 13.2. The van der Waals surface area contributed by atoms with Crippen LogP contribution in [0.25, 0.3) is 0 Å². The maximum Gasteiger partial charge on any atom is 0.258 e. The number of halogens is 1. The maximum atomic E-state index is 13.2. The SMILES string of the molecule is CCCC(=O)NCCCN(C(=O)c1ccc(C)cc1)c1ccc(F)cc1. The van der Waals surface area contributed by atoms with Crippen LogP contribution in [0.5, 0.6) is 0 Å². The lowest BCUT2D eigenvalue weighted by Gasteiger charge is -2.23. The van der Waals surface area contributed by atoms with Gasteiger partial charge in [-0.2, -0.15) is 0 Å². The Morgan fingerprint density at radius 1 is 1.04 bits per heavy atom. The van der Waals surface area contributed by atoms with Crippen LogP contribution >= 0.6 is 0 Å². The van der Waals surface area contributed by atoms with Crippen molar-refractivity contribution in [2.24, 2.45) is 0 Å². The summed E-state index contributed by atoms with van der Waals surface area (Å²) in [5, 5.41) is 2.85. The third-order valence-corrected chi connectivity index (χ3v) is 4.04. The molecule has 0 unspecified atom stereocenters. The summed E-state index contributed by atoms with van der Waals surface area (Å²) in [4.78, 5) is 26.1. The second-order valence-corrected chi connectivity index (χ2v) is 6.25. The first-order valence-corrected chi connectivity index (χ1v) is 8.92. The van der Waals surface area contributed by atoms with E-state index in [0.29, 0.717) is 37.2 Å². The van der Waals surface area contributed by atoms with E-state index in [1.807, 2.05) is 26.0 Å². The topological polar surface area (TPSA) is 49.4 Å². The second-order valence-electron chi connectivity index (χ2n) is 6.25. The number of anilines is 1. The predicted octanol–water partition coefficient (Wildman–Crippen LogP) is 4.09. The number of hydrogen-bond donors (Lipinski definition) is 1. The van der Waals surface area contributed by atoms with Crippen molar-refractivity contribution in [3.63, 3.8) is 0 Å². The molecule has 2 amide bonds. The van der Waals surface area contributed by atoms with Gasteiger partial charge in [-0.15, -0.1) is 0 Å². The molecule has 4 nitrogen and oxygen atoms in total. The first-order chi connectivity index (χ1) is 12.5. The number of benzene rings is 2. The fourth-order valence-corrected chi connectivity index (χ4v) is 2.60. The molecule has 2 aromatic carbocycles. The predicted molar refractivity (Wildman–Crippen MR) is 102 cm³/mol. The number of hydrogen-bond acceptors (Lipinski definition) is 2. The van der Waals surface area contributed by atoms with Crippen molar-refractivity contribution < 1.29 is 14.0 Å². The Kier molecular flexibility index (Phi) is 7.33. The lowest BCUT2D eigenvalue weighted by atomic mass is 10.1. The molecular formula is C21H25FN2O2. The Bertz CT molecular complexity index is 727. The minimum Gasteiger partial charge on any atom is -0.356 e. The van der Waals surface area contributed by atoms with E-state index < -0.39 is 0 Å². The summed E-state index contributed by atoms with van der Waals surface area (Å²) in [5.41, 5.74) is 2.29. The van der Waals surface area contributed by atoms with E-state index in [1.165, 1.54) is 12.1 Å². The Hall–Kier alpha value is -2.69. The third-order valence-electron chi connectivity index (χ3n) is 4.04. The average Bonchev–Trinajstić information content (AvgIpc) is 2.63. The van der Waals surface area contributed by atoms with E-state index in [1.54, 1.807) is 29.2 Å². The van der Waals surface area contributed by atoms with Crippen molar-refractivity contribution in [3.05, 3.63) is 65.5 Å². The van der Waals surface area contributed by atoms with Crippen LogP contribution < -0.4 is 10.2 Å². The highest BCUT2D eigenvalue weighted by molar-refractivity contribution is 6.06. The van der Waals surface area contributed by atoms with Crippen LogP contribution in [0.2, 0.25) is 0 Å². The standard InChI is InChI=1S/C21H25FN2O2/c1-3-5-20(25)23-14-4-15-24(19-12-10-18(22)11-13-19)21(26)17-8-6-16(2)7-9-17/h6-13H,3-5,14-15H2,1-2H3,(H,23,25). The van der Waals surface area contributed by atoms with Crippen LogP contribution in [0.4, 0.5) is 10.1 Å². The number of amides is 2. The highest BCUT2D eigenvalue weighted by Crippen LogP contribution is 2.18. The molecule has 0 aromatic heterocycles. The van der Waals surface area contributed by atoms with Crippen LogP contribution in [0, 0.1) is 12.7 Å². The number of aryl methyl sites for hydroxylation is 1. The van der Waals surface area contributed by atoms with Crippen molar-refractivity contribution in [2.45, 2.75) is 33.1 Å². The lowest BCUT2D eigenvalue weighted by molar-refractivity contribution is -0.121. The Morgan fingerprint density at radius 2 is 1.69 bits per heavy atom. The van der Waals surface area contributed by atoms with Gasteiger partial charge < -0.3 is 10.2 Å².